The Labute approximate surface area is 300 Å². The Morgan fingerprint density at radius 1 is 1.06 bits per heavy atom. The standard InChI is InChI=1S/C36H33F5N4O7Si/c1-4-52-29(48)15-28(23-13-20(14-24(31(23)38)36(39,40)41)30-18(2)6-5-7-27(30)47)53-43-33(49)32(22-12-19(17-46)8-9-25(22)37)45-34(50)21-10-11-42-16-26(21)44(3)35(45)51/h5-14,16,28,32,46-47H,4,15,17,53H2,1-3H3,(H,43,49)/t28-,32?/m0/s1. The number of benzene rings is 3. The lowest BCUT2D eigenvalue weighted by atomic mass is 9.93. The van der Waals surface area contributed by atoms with Crippen molar-refractivity contribution in [2.75, 3.05) is 6.61 Å². The van der Waals surface area contributed by atoms with Crippen LogP contribution in [0, 0.1) is 18.6 Å². The monoisotopic (exact) mass is 756 g/mol. The Hall–Kier alpha value is -5.68. The van der Waals surface area contributed by atoms with Gasteiger partial charge < -0.3 is 19.9 Å². The second-order valence-corrected chi connectivity index (χ2v) is 13.9. The molecule has 3 aromatic carbocycles. The van der Waals surface area contributed by atoms with E-state index >= 15 is 8.78 Å². The van der Waals surface area contributed by atoms with E-state index in [9.17, 15) is 42.6 Å². The van der Waals surface area contributed by atoms with Crippen molar-refractivity contribution in [3.63, 3.8) is 0 Å². The quantitative estimate of drug-likeness (QED) is 0.104. The number of esters is 1. The average Bonchev–Trinajstić information content (AvgIpc) is 3.11. The van der Waals surface area contributed by atoms with Gasteiger partial charge in [0.1, 0.15) is 33.1 Å². The van der Waals surface area contributed by atoms with Gasteiger partial charge in [-0.05, 0) is 72.5 Å². The molecular weight excluding hydrogens is 723 g/mol. The van der Waals surface area contributed by atoms with Crippen molar-refractivity contribution in [1.29, 1.82) is 0 Å². The summed E-state index contributed by atoms with van der Waals surface area (Å²) in [7, 11) is -1.21. The summed E-state index contributed by atoms with van der Waals surface area (Å²) in [5, 5.41) is 20.3. The van der Waals surface area contributed by atoms with Gasteiger partial charge in [0.15, 0.2) is 0 Å². The number of ether oxygens (including phenoxy) is 1. The fraction of sp³-hybridized carbons (Fsp3) is 0.250. The zero-order chi connectivity index (χ0) is 38.8. The molecule has 0 saturated heterocycles. The number of halogens is 5. The number of aryl methyl sites for hydroxylation is 2. The maximum absolute atomic E-state index is 16.0. The number of phenolic OH excluding ortho intramolecular Hbond substituents is 1. The van der Waals surface area contributed by atoms with Crippen molar-refractivity contribution in [3.8, 4) is 16.9 Å². The van der Waals surface area contributed by atoms with Crippen molar-refractivity contribution in [2.45, 2.75) is 44.6 Å². The van der Waals surface area contributed by atoms with Gasteiger partial charge in [0, 0.05) is 29.9 Å². The molecular formula is C36H33F5N4O7Si. The Bertz CT molecular complexity index is 2330. The van der Waals surface area contributed by atoms with Crippen LogP contribution in [-0.4, -0.2) is 52.5 Å². The first-order valence-electron chi connectivity index (χ1n) is 16.2. The molecule has 2 atom stereocenters. The summed E-state index contributed by atoms with van der Waals surface area (Å²) < 4.78 is 81.0. The smallest absolute Gasteiger partial charge is 0.419 e. The molecule has 2 heterocycles. The fourth-order valence-electron chi connectivity index (χ4n) is 6.20. The van der Waals surface area contributed by atoms with E-state index in [0.29, 0.717) is 16.2 Å². The van der Waals surface area contributed by atoms with Crippen LogP contribution in [0.1, 0.15) is 52.7 Å². The summed E-state index contributed by atoms with van der Waals surface area (Å²) in [5.41, 5.74) is -5.97. The molecule has 278 valence electrons. The highest BCUT2D eigenvalue weighted by Gasteiger charge is 2.38. The first-order valence-corrected chi connectivity index (χ1v) is 17.7. The van der Waals surface area contributed by atoms with E-state index in [1.807, 2.05) is 0 Å². The zero-order valence-electron chi connectivity index (χ0n) is 28.5. The lowest BCUT2D eigenvalue weighted by molar-refractivity contribution is -0.143. The fourth-order valence-corrected chi connectivity index (χ4v) is 7.74. The van der Waals surface area contributed by atoms with Crippen LogP contribution in [0.15, 0.2) is 76.6 Å². The van der Waals surface area contributed by atoms with Gasteiger partial charge in [-0.15, -0.1) is 0 Å². The third-order valence-electron chi connectivity index (χ3n) is 8.77. The molecule has 0 aliphatic rings. The molecule has 0 fully saturated rings. The third-order valence-corrected chi connectivity index (χ3v) is 10.5. The van der Waals surface area contributed by atoms with Gasteiger partial charge >= 0.3 is 17.8 Å². The van der Waals surface area contributed by atoms with E-state index in [-0.39, 0.29) is 34.2 Å². The number of carbonyl (C=O) groups is 2. The van der Waals surface area contributed by atoms with Gasteiger partial charge in [-0.2, -0.15) is 13.2 Å². The van der Waals surface area contributed by atoms with E-state index in [1.165, 1.54) is 63.6 Å². The number of aromatic hydroxyl groups is 1. The van der Waals surface area contributed by atoms with Crippen LogP contribution in [0.5, 0.6) is 5.75 Å². The maximum atomic E-state index is 16.0. The van der Waals surface area contributed by atoms with Crippen LogP contribution in [0.3, 0.4) is 0 Å². The van der Waals surface area contributed by atoms with Gasteiger partial charge in [-0.1, -0.05) is 18.2 Å². The number of alkyl halides is 3. The van der Waals surface area contributed by atoms with Crippen molar-refractivity contribution >= 4 is 32.5 Å². The predicted octanol–water partition coefficient (Wildman–Crippen LogP) is 4.05. The molecule has 17 heteroatoms. The number of hydrogen-bond acceptors (Lipinski definition) is 8. The number of aliphatic hydroxyl groups excluding tert-OH is 1. The summed E-state index contributed by atoms with van der Waals surface area (Å²) in [4.78, 5) is 61.0. The number of nitrogens with one attached hydrogen (secondary N) is 1. The molecule has 1 amide bonds. The van der Waals surface area contributed by atoms with Crippen LogP contribution in [-0.2, 0) is 34.2 Å². The number of nitrogens with zero attached hydrogens (tertiary/aromatic N) is 3. The minimum Gasteiger partial charge on any atom is -0.507 e. The highest BCUT2D eigenvalue weighted by atomic mass is 28.2. The number of pyridine rings is 1. The number of hydrogen-bond donors (Lipinski definition) is 3. The average molecular weight is 757 g/mol. The lowest BCUT2D eigenvalue weighted by Gasteiger charge is -2.24. The maximum Gasteiger partial charge on any atom is 0.419 e. The minimum absolute atomic E-state index is 0.0270. The molecule has 0 bridgehead atoms. The largest absolute Gasteiger partial charge is 0.507 e. The highest BCUT2D eigenvalue weighted by molar-refractivity contribution is 6.40. The van der Waals surface area contributed by atoms with Gasteiger partial charge in [0.25, 0.3) is 5.56 Å². The van der Waals surface area contributed by atoms with Gasteiger partial charge in [-0.25, -0.2) is 18.1 Å². The van der Waals surface area contributed by atoms with Crippen LogP contribution in [0.4, 0.5) is 22.0 Å². The molecule has 0 saturated carbocycles. The van der Waals surface area contributed by atoms with Gasteiger partial charge in [-0.3, -0.25) is 23.9 Å². The van der Waals surface area contributed by atoms with Crippen LogP contribution < -0.4 is 16.2 Å². The first-order chi connectivity index (χ1) is 25.1. The molecule has 11 nitrogen and oxygen atoms in total. The molecule has 3 N–H and O–H groups in total. The first kappa shape index (κ1) is 38.5. The molecule has 5 rings (SSSR count). The summed E-state index contributed by atoms with van der Waals surface area (Å²) in [6.07, 6.45) is -3.41. The van der Waals surface area contributed by atoms with E-state index in [0.717, 1.165) is 22.8 Å². The van der Waals surface area contributed by atoms with Crippen molar-refractivity contribution in [3.05, 3.63) is 127 Å². The molecule has 0 aliphatic carbocycles. The topological polar surface area (TPSA) is 153 Å². The van der Waals surface area contributed by atoms with E-state index in [2.05, 4.69) is 9.97 Å². The Morgan fingerprint density at radius 3 is 2.45 bits per heavy atom. The minimum atomic E-state index is -5.22. The molecule has 0 radical (unpaired) electrons. The normalized spacial score (nSPS) is 13.0. The molecule has 5 aromatic rings. The highest BCUT2D eigenvalue weighted by Crippen LogP contribution is 2.41. The molecule has 1 unspecified atom stereocenters. The van der Waals surface area contributed by atoms with Gasteiger partial charge in [0.2, 0.25) is 5.91 Å². The zero-order valence-corrected chi connectivity index (χ0v) is 29.9. The number of carbonyl (C=O) groups excluding carboxylic acids is 2. The van der Waals surface area contributed by atoms with Crippen LogP contribution >= 0.6 is 0 Å². The second kappa shape index (κ2) is 15.5. The van der Waals surface area contributed by atoms with Crippen molar-refractivity contribution < 1.29 is 46.5 Å². The lowest BCUT2D eigenvalue weighted by Crippen LogP contribution is -2.48. The SMILES string of the molecule is CCOC(=O)C[C@H]([SiH2]NC(=O)C(c1cc(CO)ccc1F)n1c(=O)c2ccncc2n(C)c1=O)c1cc(-c2c(C)cccc2O)cc(C(F)(F)F)c1F. The Kier molecular flexibility index (Phi) is 11.3. The molecule has 2 aromatic heterocycles. The van der Waals surface area contributed by atoms with E-state index in [1.54, 1.807) is 0 Å². The Morgan fingerprint density at radius 2 is 1.79 bits per heavy atom. The van der Waals surface area contributed by atoms with Crippen molar-refractivity contribution in [1.82, 2.24) is 19.1 Å². The molecule has 0 aliphatic heterocycles. The number of fused-ring (bicyclic) bond motifs is 1. The number of aromatic nitrogens is 3. The third kappa shape index (κ3) is 7.75. The molecule has 53 heavy (non-hydrogen) atoms. The summed E-state index contributed by atoms with van der Waals surface area (Å²) in [6, 6.07) is 8.28. The van der Waals surface area contributed by atoms with Gasteiger partial charge in [0.05, 0.1) is 42.3 Å². The molecule has 0 spiro atoms. The van der Waals surface area contributed by atoms with Crippen LogP contribution in [0.25, 0.3) is 22.0 Å². The predicted molar refractivity (Wildman–Crippen MR) is 186 cm³/mol. The number of phenols is 1. The second-order valence-electron chi connectivity index (χ2n) is 12.2. The summed E-state index contributed by atoms with van der Waals surface area (Å²) in [6.45, 7) is 2.27. The Balaban J connectivity index is 1.68. The summed E-state index contributed by atoms with van der Waals surface area (Å²) in [5.74, 6) is -5.25. The number of aliphatic hydroxyl groups is 1. The summed E-state index contributed by atoms with van der Waals surface area (Å²) >= 11 is 0. The van der Waals surface area contributed by atoms with E-state index in [4.69, 9.17) is 4.74 Å². The van der Waals surface area contributed by atoms with Crippen LogP contribution in [0.2, 0.25) is 0 Å². The van der Waals surface area contributed by atoms with Crippen molar-refractivity contribution in [2.24, 2.45) is 7.05 Å². The van der Waals surface area contributed by atoms with E-state index < -0.39 is 97.7 Å². The number of rotatable bonds is 11. The number of amides is 1.